The van der Waals surface area contributed by atoms with Crippen LogP contribution in [0.15, 0.2) is 18.2 Å². The van der Waals surface area contributed by atoms with Gasteiger partial charge in [-0.1, -0.05) is 6.07 Å². The zero-order chi connectivity index (χ0) is 16.3. The van der Waals surface area contributed by atoms with Crippen molar-refractivity contribution in [2.24, 2.45) is 0 Å². The van der Waals surface area contributed by atoms with Gasteiger partial charge in [0, 0.05) is 0 Å². The normalized spacial score (nSPS) is 12.0. The van der Waals surface area contributed by atoms with Gasteiger partial charge >= 0.3 is 18.7 Å². The van der Waals surface area contributed by atoms with Crippen LogP contribution in [0.4, 0.5) is 26.3 Å². The molecule has 0 aliphatic carbocycles. The molecule has 0 atom stereocenters. The van der Waals surface area contributed by atoms with Gasteiger partial charge in [-0.25, -0.2) is 0 Å². The van der Waals surface area contributed by atoms with E-state index in [1.54, 1.807) is 0 Å². The average Bonchev–Trinajstić information content (AvgIpc) is 2.28. The van der Waals surface area contributed by atoms with Gasteiger partial charge < -0.3 is 14.2 Å². The van der Waals surface area contributed by atoms with Crippen LogP contribution in [-0.2, 0) is 16.0 Å². The molecule has 0 saturated heterocycles. The minimum atomic E-state index is -5.21. The van der Waals surface area contributed by atoms with Gasteiger partial charge in [0.2, 0.25) is 0 Å². The van der Waals surface area contributed by atoms with E-state index in [2.05, 4.69) is 14.2 Å². The van der Waals surface area contributed by atoms with E-state index in [0.29, 0.717) is 12.1 Å². The number of alkyl halides is 6. The summed E-state index contributed by atoms with van der Waals surface area (Å²) in [5.41, 5.74) is -0.0318. The van der Waals surface area contributed by atoms with Gasteiger partial charge in [0.1, 0.15) is 0 Å². The van der Waals surface area contributed by atoms with Gasteiger partial charge in [-0.05, 0) is 17.7 Å². The van der Waals surface area contributed by atoms with Crippen LogP contribution in [0.5, 0.6) is 11.5 Å². The number of hydrogen-bond acceptors (Lipinski definition) is 4. The molecule has 0 radical (unpaired) electrons. The molecule has 1 rings (SSSR count). The summed E-state index contributed by atoms with van der Waals surface area (Å²) in [4.78, 5) is 11.0. The topological polar surface area (TPSA) is 44.8 Å². The Morgan fingerprint density at radius 2 is 1.52 bits per heavy atom. The number of benzene rings is 1. The van der Waals surface area contributed by atoms with Crippen LogP contribution in [0.3, 0.4) is 0 Å². The number of esters is 1. The minimum Gasteiger partial charge on any atom is -0.469 e. The zero-order valence-corrected chi connectivity index (χ0v) is 10.3. The van der Waals surface area contributed by atoms with Crippen LogP contribution in [0.2, 0.25) is 0 Å². The number of carbonyl (C=O) groups is 1. The lowest BCUT2D eigenvalue weighted by molar-refractivity contribution is -0.287. The first-order valence-electron chi connectivity index (χ1n) is 5.21. The molecule has 0 saturated carbocycles. The molecular formula is C11H8F6O4. The van der Waals surface area contributed by atoms with E-state index in [-0.39, 0.29) is 5.56 Å². The Bertz CT molecular complexity index is 508. The highest BCUT2D eigenvalue weighted by Crippen LogP contribution is 2.36. The van der Waals surface area contributed by atoms with Crippen LogP contribution >= 0.6 is 0 Å². The highest BCUT2D eigenvalue weighted by atomic mass is 19.4. The first-order valence-corrected chi connectivity index (χ1v) is 5.21. The number of halogens is 6. The predicted molar refractivity (Wildman–Crippen MR) is 55.5 cm³/mol. The summed E-state index contributed by atoms with van der Waals surface area (Å²) in [6.45, 7) is 0. The lowest BCUT2D eigenvalue weighted by Gasteiger charge is -2.16. The Kier molecular flexibility index (Phi) is 4.92. The van der Waals surface area contributed by atoms with Crippen molar-refractivity contribution < 1.29 is 45.3 Å². The number of rotatable bonds is 4. The molecule has 0 unspecified atom stereocenters. The average molecular weight is 318 g/mol. The molecular weight excluding hydrogens is 310 g/mol. The van der Waals surface area contributed by atoms with E-state index < -0.39 is 36.6 Å². The molecule has 0 amide bonds. The summed E-state index contributed by atoms with van der Waals surface area (Å²) in [5, 5.41) is 0. The van der Waals surface area contributed by atoms with Crippen molar-refractivity contribution in [1.29, 1.82) is 0 Å². The van der Waals surface area contributed by atoms with E-state index in [4.69, 9.17) is 0 Å². The van der Waals surface area contributed by atoms with Gasteiger partial charge in [0.05, 0.1) is 13.5 Å². The van der Waals surface area contributed by atoms with E-state index in [1.807, 2.05) is 0 Å². The van der Waals surface area contributed by atoms with E-state index in [1.165, 1.54) is 0 Å². The summed E-state index contributed by atoms with van der Waals surface area (Å²) in [7, 11) is 1.05. The summed E-state index contributed by atoms with van der Waals surface area (Å²) in [5.74, 6) is -3.16. The second-order valence-corrected chi connectivity index (χ2v) is 3.63. The molecule has 0 aromatic heterocycles. The molecule has 0 heterocycles. The second kappa shape index (κ2) is 6.10. The molecule has 0 bridgehead atoms. The van der Waals surface area contributed by atoms with Gasteiger partial charge in [0.25, 0.3) is 0 Å². The fraction of sp³-hybridized carbons (Fsp3) is 0.364. The molecule has 0 aliphatic rings. The number of carbonyl (C=O) groups excluding carboxylic acids is 1. The number of methoxy groups -OCH3 is 1. The minimum absolute atomic E-state index is 0.0318. The monoisotopic (exact) mass is 318 g/mol. The van der Waals surface area contributed by atoms with Crippen LogP contribution in [0.25, 0.3) is 0 Å². The van der Waals surface area contributed by atoms with Crippen molar-refractivity contribution in [3.63, 3.8) is 0 Å². The molecule has 4 nitrogen and oxygen atoms in total. The van der Waals surface area contributed by atoms with Crippen LogP contribution in [-0.4, -0.2) is 25.8 Å². The van der Waals surface area contributed by atoms with E-state index in [0.717, 1.165) is 13.2 Å². The predicted octanol–water partition coefficient (Wildman–Crippen LogP) is 3.20. The maximum Gasteiger partial charge on any atom is 0.573 e. The molecule has 10 heteroatoms. The van der Waals surface area contributed by atoms with Gasteiger partial charge in [0.15, 0.2) is 11.5 Å². The first kappa shape index (κ1) is 16.9. The molecule has 21 heavy (non-hydrogen) atoms. The second-order valence-electron chi connectivity index (χ2n) is 3.63. The third kappa shape index (κ3) is 6.23. The van der Waals surface area contributed by atoms with Gasteiger partial charge in [-0.3, -0.25) is 4.79 Å². The van der Waals surface area contributed by atoms with Crippen molar-refractivity contribution in [1.82, 2.24) is 0 Å². The standard InChI is InChI=1S/C11H8F6O4/c1-19-9(18)5-6-2-3-7(20-10(12,13)14)8(4-6)21-11(15,16)17/h2-4H,5H2,1H3. The number of ether oxygens (including phenoxy) is 3. The molecule has 1 aromatic carbocycles. The Morgan fingerprint density at radius 3 is 2.00 bits per heavy atom. The van der Waals surface area contributed by atoms with Gasteiger partial charge in [-0.15, -0.1) is 26.3 Å². The van der Waals surface area contributed by atoms with Crippen LogP contribution in [0.1, 0.15) is 5.56 Å². The summed E-state index contributed by atoms with van der Waals surface area (Å²) >= 11 is 0. The number of hydrogen-bond donors (Lipinski definition) is 0. The SMILES string of the molecule is COC(=O)Cc1ccc(OC(F)(F)F)c(OC(F)(F)F)c1. The highest BCUT2D eigenvalue weighted by Gasteiger charge is 2.36. The van der Waals surface area contributed by atoms with Crippen molar-refractivity contribution >= 4 is 5.97 Å². The summed E-state index contributed by atoms with van der Waals surface area (Å²) < 4.78 is 83.9. The molecule has 0 fully saturated rings. The Balaban J connectivity index is 3.10. The van der Waals surface area contributed by atoms with E-state index in [9.17, 15) is 31.1 Å². The van der Waals surface area contributed by atoms with Crippen LogP contribution in [0, 0.1) is 0 Å². The third-order valence-electron chi connectivity index (χ3n) is 2.04. The summed E-state index contributed by atoms with van der Waals surface area (Å²) in [6.07, 6.45) is -10.8. The van der Waals surface area contributed by atoms with Crippen molar-refractivity contribution in [2.75, 3.05) is 7.11 Å². The Morgan fingerprint density at radius 1 is 1.00 bits per heavy atom. The van der Waals surface area contributed by atoms with E-state index >= 15 is 0 Å². The van der Waals surface area contributed by atoms with Crippen molar-refractivity contribution in [3.8, 4) is 11.5 Å². The fourth-order valence-electron chi connectivity index (χ4n) is 1.31. The molecule has 0 N–H and O–H groups in total. The maximum atomic E-state index is 12.2. The lowest BCUT2D eigenvalue weighted by Crippen LogP contribution is -2.21. The highest BCUT2D eigenvalue weighted by molar-refractivity contribution is 5.72. The van der Waals surface area contributed by atoms with Gasteiger partial charge in [-0.2, -0.15) is 0 Å². The molecule has 1 aromatic rings. The zero-order valence-electron chi connectivity index (χ0n) is 10.3. The molecule has 0 spiro atoms. The van der Waals surface area contributed by atoms with Crippen molar-refractivity contribution in [3.05, 3.63) is 23.8 Å². The molecule has 0 aliphatic heterocycles. The first-order chi connectivity index (χ1) is 9.50. The Labute approximate surface area is 114 Å². The molecule has 118 valence electrons. The lowest BCUT2D eigenvalue weighted by atomic mass is 10.1. The van der Waals surface area contributed by atoms with Crippen molar-refractivity contribution in [2.45, 2.75) is 19.1 Å². The smallest absolute Gasteiger partial charge is 0.469 e. The third-order valence-corrected chi connectivity index (χ3v) is 2.04. The summed E-state index contributed by atoms with van der Waals surface area (Å²) in [6, 6.07) is 2.22. The quantitative estimate of drug-likeness (QED) is 0.632. The maximum absolute atomic E-state index is 12.2. The fourth-order valence-corrected chi connectivity index (χ4v) is 1.31. The Hall–Kier alpha value is -2.13. The largest absolute Gasteiger partial charge is 0.573 e. The van der Waals surface area contributed by atoms with Crippen LogP contribution < -0.4 is 9.47 Å².